The highest BCUT2D eigenvalue weighted by Crippen LogP contribution is 2.32. The molecule has 0 spiro atoms. The van der Waals surface area contributed by atoms with Gasteiger partial charge in [0.05, 0.1) is 12.0 Å². The molecule has 2 N–H and O–H groups in total. The summed E-state index contributed by atoms with van der Waals surface area (Å²) in [7, 11) is -0.566. The van der Waals surface area contributed by atoms with E-state index in [1.54, 1.807) is 26.2 Å². The number of ether oxygens (including phenoxy) is 1. The molecule has 0 saturated carbocycles. The fourth-order valence-corrected chi connectivity index (χ4v) is 4.36. The van der Waals surface area contributed by atoms with Gasteiger partial charge in [-0.25, -0.2) is 13.1 Å². The van der Waals surface area contributed by atoms with Gasteiger partial charge in [-0.05, 0) is 49.9 Å². The van der Waals surface area contributed by atoms with Crippen molar-refractivity contribution in [2.75, 3.05) is 19.5 Å². The fourth-order valence-electron chi connectivity index (χ4n) is 3.37. The van der Waals surface area contributed by atoms with Crippen LogP contribution >= 0.6 is 0 Å². The maximum Gasteiger partial charge on any atom is 0.240 e. The number of benzene rings is 3. The van der Waals surface area contributed by atoms with Gasteiger partial charge in [0.25, 0.3) is 0 Å². The molecule has 0 atom stereocenters. The summed E-state index contributed by atoms with van der Waals surface area (Å²) >= 11 is 0. The highest BCUT2D eigenvalue weighted by atomic mass is 32.2. The van der Waals surface area contributed by atoms with Gasteiger partial charge in [0.1, 0.15) is 11.4 Å². The Morgan fingerprint density at radius 1 is 0.903 bits per heavy atom. The summed E-state index contributed by atoms with van der Waals surface area (Å²) in [4.78, 5) is 0.221. The van der Waals surface area contributed by atoms with Gasteiger partial charge < -0.3 is 10.1 Å². The Labute approximate surface area is 181 Å². The lowest BCUT2D eigenvalue weighted by molar-refractivity contribution is 0.415. The van der Waals surface area contributed by atoms with E-state index in [2.05, 4.69) is 20.2 Å². The quantitative estimate of drug-likeness (QED) is 0.471. The second-order valence-corrected chi connectivity index (χ2v) is 8.84. The third-order valence-electron chi connectivity index (χ3n) is 5.06. The lowest BCUT2D eigenvalue weighted by atomic mass is 10.0. The summed E-state index contributed by atoms with van der Waals surface area (Å²) in [6.07, 6.45) is 0. The van der Waals surface area contributed by atoms with Gasteiger partial charge in [-0.1, -0.05) is 36.4 Å². The Kier molecular flexibility index (Phi) is 5.58. The van der Waals surface area contributed by atoms with Crippen LogP contribution in [0.25, 0.3) is 22.0 Å². The van der Waals surface area contributed by atoms with Gasteiger partial charge in [-0.15, -0.1) is 10.2 Å². The topological polar surface area (TPSA) is 93.2 Å². The molecular weight excluding hydrogens is 412 g/mol. The van der Waals surface area contributed by atoms with Crippen LogP contribution in [-0.4, -0.2) is 32.8 Å². The molecule has 7 nitrogen and oxygen atoms in total. The van der Waals surface area contributed by atoms with E-state index in [0.717, 1.165) is 22.2 Å². The van der Waals surface area contributed by atoms with Crippen LogP contribution < -0.4 is 14.8 Å². The molecule has 8 heteroatoms. The smallest absolute Gasteiger partial charge is 0.240 e. The normalized spacial score (nSPS) is 11.5. The summed E-state index contributed by atoms with van der Waals surface area (Å²) in [6, 6.07) is 20.6. The number of aryl methyl sites for hydroxylation is 1. The Bertz CT molecular complexity index is 1350. The SMILES string of the molecule is CNS(=O)(=O)c1cc(-c2nnc(Nc3ccc(OC)cc3)c3ccccc23)ccc1C. The molecule has 0 saturated heterocycles. The molecule has 0 radical (unpaired) electrons. The van der Waals surface area contributed by atoms with Crippen molar-refractivity contribution in [2.24, 2.45) is 0 Å². The highest BCUT2D eigenvalue weighted by molar-refractivity contribution is 7.89. The molecule has 0 amide bonds. The second kappa shape index (κ2) is 8.33. The van der Waals surface area contributed by atoms with Gasteiger partial charge in [-0.3, -0.25) is 0 Å². The van der Waals surface area contributed by atoms with Crippen LogP contribution in [0.1, 0.15) is 5.56 Å². The van der Waals surface area contributed by atoms with E-state index in [1.807, 2.05) is 54.6 Å². The van der Waals surface area contributed by atoms with Crippen molar-refractivity contribution >= 4 is 32.3 Å². The number of hydrogen-bond acceptors (Lipinski definition) is 6. The molecule has 0 unspecified atom stereocenters. The van der Waals surface area contributed by atoms with Crippen LogP contribution in [-0.2, 0) is 10.0 Å². The molecule has 0 aliphatic rings. The maximum atomic E-state index is 12.4. The predicted octanol–water partition coefficient (Wildman–Crippen LogP) is 4.27. The molecule has 1 aromatic heterocycles. The monoisotopic (exact) mass is 434 g/mol. The van der Waals surface area contributed by atoms with Crippen molar-refractivity contribution in [2.45, 2.75) is 11.8 Å². The largest absolute Gasteiger partial charge is 0.497 e. The first-order valence-corrected chi connectivity index (χ1v) is 11.1. The molecule has 0 aliphatic heterocycles. The Hall–Kier alpha value is -3.49. The Morgan fingerprint density at radius 2 is 1.61 bits per heavy atom. The van der Waals surface area contributed by atoms with Crippen LogP contribution in [0.15, 0.2) is 71.6 Å². The second-order valence-electron chi connectivity index (χ2n) is 6.98. The minimum absolute atomic E-state index is 0.221. The highest BCUT2D eigenvalue weighted by Gasteiger charge is 2.18. The van der Waals surface area contributed by atoms with E-state index >= 15 is 0 Å². The molecule has 158 valence electrons. The van der Waals surface area contributed by atoms with Gasteiger partial charge >= 0.3 is 0 Å². The van der Waals surface area contributed by atoms with E-state index in [-0.39, 0.29) is 4.90 Å². The average Bonchev–Trinajstić information content (AvgIpc) is 2.80. The molecule has 3 aromatic carbocycles. The molecule has 1 heterocycles. The molecule has 0 fully saturated rings. The zero-order chi connectivity index (χ0) is 22.0. The molecule has 0 aliphatic carbocycles. The number of fused-ring (bicyclic) bond motifs is 1. The summed E-state index contributed by atoms with van der Waals surface area (Å²) < 4.78 is 32.4. The van der Waals surface area contributed by atoms with Gasteiger partial charge in [0.15, 0.2) is 5.82 Å². The number of hydrogen-bond donors (Lipinski definition) is 2. The number of nitrogens with one attached hydrogen (secondary N) is 2. The van der Waals surface area contributed by atoms with E-state index in [0.29, 0.717) is 22.6 Å². The van der Waals surface area contributed by atoms with Crippen molar-refractivity contribution in [1.82, 2.24) is 14.9 Å². The zero-order valence-corrected chi connectivity index (χ0v) is 18.2. The van der Waals surface area contributed by atoms with E-state index < -0.39 is 10.0 Å². The van der Waals surface area contributed by atoms with Crippen LogP contribution in [0.5, 0.6) is 5.75 Å². The molecule has 4 aromatic rings. The van der Waals surface area contributed by atoms with E-state index in [9.17, 15) is 8.42 Å². The van der Waals surface area contributed by atoms with Crippen molar-refractivity contribution in [3.63, 3.8) is 0 Å². The summed E-state index contributed by atoms with van der Waals surface area (Å²) in [5, 5.41) is 13.9. The number of methoxy groups -OCH3 is 1. The van der Waals surface area contributed by atoms with Gasteiger partial charge in [0, 0.05) is 22.0 Å². The maximum absolute atomic E-state index is 12.4. The first-order chi connectivity index (χ1) is 14.9. The predicted molar refractivity (Wildman–Crippen MR) is 122 cm³/mol. The van der Waals surface area contributed by atoms with E-state index in [1.165, 1.54) is 7.05 Å². The number of nitrogens with zero attached hydrogens (tertiary/aromatic N) is 2. The first-order valence-electron chi connectivity index (χ1n) is 9.64. The Balaban J connectivity index is 1.81. The summed E-state index contributed by atoms with van der Waals surface area (Å²) in [5.41, 5.74) is 2.81. The standard InChI is InChI=1S/C23H22N4O3S/c1-15-8-9-16(14-21(15)31(28,29)24-2)22-19-6-4-5-7-20(19)23(27-26-22)25-17-10-12-18(30-3)13-11-17/h4-14,24H,1-3H3,(H,25,27). The Morgan fingerprint density at radius 3 is 2.29 bits per heavy atom. The minimum atomic E-state index is -3.59. The van der Waals surface area contributed by atoms with Gasteiger partial charge in [-0.2, -0.15) is 0 Å². The van der Waals surface area contributed by atoms with Crippen LogP contribution in [0.3, 0.4) is 0 Å². The number of aromatic nitrogens is 2. The molecular formula is C23H22N4O3S. The fraction of sp³-hybridized carbons (Fsp3) is 0.130. The van der Waals surface area contributed by atoms with Crippen molar-refractivity contribution < 1.29 is 13.2 Å². The van der Waals surface area contributed by atoms with Crippen LogP contribution in [0, 0.1) is 6.92 Å². The number of anilines is 2. The first kappa shape index (κ1) is 20.8. The number of rotatable bonds is 6. The summed E-state index contributed by atoms with van der Waals surface area (Å²) in [5.74, 6) is 1.38. The van der Waals surface area contributed by atoms with Gasteiger partial charge in [0.2, 0.25) is 10.0 Å². The van der Waals surface area contributed by atoms with Crippen LogP contribution in [0.4, 0.5) is 11.5 Å². The zero-order valence-electron chi connectivity index (χ0n) is 17.4. The lowest BCUT2D eigenvalue weighted by Gasteiger charge is -2.13. The molecule has 31 heavy (non-hydrogen) atoms. The molecule has 4 rings (SSSR count). The van der Waals surface area contributed by atoms with E-state index in [4.69, 9.17) is 4.74 Å². The average molecular weight is 435 g/mol. The molecule has 0 bridgehead atoms. The third kappa shape index (κ3) is 4.08. The summed E-state index contributed by atoms with van der Waals surface area (Å²) in [6.45, 7) is 1.76. The third-order valence-corrected chi connectivity index (χ3v) is 6.62. The minimum Gasteiger partial charge on any atom is -0.497 e. The van der Waals surface area contributed by atoms with Crippen molar-refractivity contribution in [3.05, 3.63) is 72.3 Å². The van der Waals surface area contributed by atoms with Crippen molar-refractivity contribution in [1.29, 1.82) is 0 Å². The van der Waals surface area contributed by atoms with Crippen molar-refractivity contribution in [3.8, 4) is 17.0 Å². The van der Waals surface area contributed by atoms with Crippen LogP contribution in [0.2, 0.25) is 0 Å². The lowest BCUT2D eigenvalue weighted by Crippen LogP contribution is -2.19. The number of sulfonamides is 1.